The molecule has 64 valence electrons. The molecule has 0 aromatic carbocycles. The molecule has 0 spiro atoms. The zero-order valence-corrected chi connectivity index (χ0v) is 8.28. The second-order valence-corrected chi connectivity index (χ2v) is 3.26. The molecule has 0 heteroatoms. The van der Waals surface area contributed by atoms with E-state index >= 15 is 0 Å². The van der Waals surface area contributed by atoms with Crippen LogP contribution in [0.1, 0.15) is 47.0 Å². The van der Waals surface area contributed by atoms with E-state index in [2.05, 4.69) is 39.8 Å². The fraction of sp³-hybridized carbons (Fsp3) is 0.636. The SMILES string of the molecule is CC/C(C)=C/CCC=C(C)C. The maximum Gasteiger partial charge on any atom is -0.0313 e. The van der Waals surface area contributed by atoms with Gasteiger partial charge < -0.3 is 0 Å². The van der Waals surface area contributed by atoms with Crippen LogP contribution in [0.3, 0.4) is 0 Å². The summed E-state index contributed by atoms with van der Waals surface area (Å²) in [7, 11) is 0. The molecule has 0 aliphatic rings. The van der Waals surface area contributed by atoms with E-state index in [4.69, 9.17) is 0 Å². The highest BCUT2D eigenvalue weighted by Gasteiger charge is 1.83. The second-order valence-electron chi connectivity index (χ2n) is 3.26. The Balaban J connectivity index is 3.49. The molecule has 0 aromatic heterocycles. The van der Waals surface area contributed by atoms with Gasteiger partial charge in [0.25, 0.3) is 0 Å². The van der Waals surface area contributed by atoms with E-state index in [-0.39, 0.29) is 0 Å². The minimum atomic E-state index is 1.19. The molecule has 11 heavy (non-hydrogen) atoms. The van der Waals surface area contributed by atoms with Crippen LogP contribution >= 0.6 is 0 Å². The average Bonchev–Trinajstić information content (AvgIpc) is 1.97. The van der Waals surface area contributed by atoms with Crippen molar-refractivity contribution in [2.45, 2.75) is 47.0 Å². The summed E-state index contributed by atoms with van der Waals surface area (Å²) in [5.74, 6) is 0. The second kappa shape index (κ2) is 6.21. The van der Waals surface area contributed by atoms with Crippen molar-refractivity contribution >= 4 is 0 Å². The largest absolute Gasteiger partial charge is 0.0856 e. The predicted octanol–water partition coefficient (Wildman–Crippen LogP) is 4.09. The van der Waals surface area contributed by atoms with E-state index in [1.54, 1.807) is 0 Å². The van der Waals surface area contributed by atoms with Crippen LogP contribution in [-0.2, 0) is 0 Å². The number of allylic oxidation sites excluding steroid dienone is 4. The summed E-state index contributed by atoms with van der Waals surface area (Å²) in [6, 6.07) is 0. The minimum Gasteiger partial charge on any atom is -0.0856 e. The fourth-order valence-electron chi connectivity index (χ4n) is 0.846. The molecular weight excluding hydrogens is 132 g/mol. The highest BCUT2D eigenvalue weighted by atomic mass is 13.9. The summed E-state index contributed by atoms with van der Waals surface area (Å²) in [6.45, 7) is 8.70. The van der Waals surface area contributed by atoms with E-state index in [0.29, 0.717) is 0 Å². The van der Waals surface area contributed by atoms with Gasteiger partial charge in [-0.15, -0.1) is 0 Å². The summed E-state index contributed by atoms with van der Waals surface area (Å²) in [6.07, 6.45) is 8.21. The van der Waals surface area contributed by atoms with Crippen molar-refractivity contribution in [3.05, 3.63) is 23.3 Å². The zero-order valence-electron chi connectivity index (χ0n) is 8.28. The van der Waals surface area contributed by atoms with Gasteiger partial charge in [-0.3, -0.25) is 0 Å². The van der Waals surface area contributed by atoms with Crippen LogP contribution in [0.4, 0.5) is 0 Å². The van der Waals surface area contributed by atoms with Crippen molar-refractivity contribution in [2.24, 2.45) is 0 Å². The third-order valence-electron chi connectivity index (χ3n) is 1.77. The number of rotatable bonds is 4. The maximum atomic E-state index is 2.33. The Morgan fingerprint density at radius 2 is 1.55 bits per heavy atom. The molecule has 0 aromatic rings. The van der Waals surface area contributed by atoms with Gasteiger partial charge in [-0.25, -0.2) is 0 Å². The maximum absolute atomic E-state index is 2.33. The molecule has 0 saturated heterocycles. The Morgan fingerprint density at radius 3 is 2.00 bits per heavy atom. The highest BCUT2D eigenvalue weighted by Crippen LogP contribution is 2.03. The average molecular weight is 152 g/mol. The molecule has 0 N–H and O–H groups in total. The van der Waals surface area contributed by atoms with Gasteiger partial charge in [0, 0.05) is 0 Å². The monoisotopic (exact) mass is 152 g/mol. The number of unbranched alkanes of at least 4 members (excludes halogenated alkanes) is 1. The van der Waals surface area contributed by atoms with Crippen LogP contribution in [0.15, 0.2) is 23.3 Å². The van der Waals surface area contributed by atoms with Crippen molar-refractivity contribution in [1.82, 2.24) is 0 Å². The van der Waals surface area contributed by atoms with Crippen LogP contribution in [-0.4, -0.2) is 0 Å². The Kier molecular flexibility index (Phi) is 5.91. The topological polar surface area (TPSA) is 0 Å². The zero-order chi connectivity index (χ0) is 8.69. The van der Waals surface area contributed by atoms with Crippen molar-refractivity contribution in [1.29, 1.82) is 0 Å². The molecule has 0 rings (SSSR count). The lowest BCUT2D eigenvalue weighted by Crippen LogP contribution is -1.73. The summed E-state index contributed by atoms with van der Waals surface area (Å²) < 4.78 is 0. The van der Waals surface area contributed by atoms with Crippen molar-refractivity contribution in [2.75, 3.05) is 0 Å². The summed E-state index contributed by atoms with van der Waals surface area (Å²) in [5, 5.41) is 0. The molecular formula is C11H20. The first-order chi connectivity index (χ1) is 5.16. The van der Waals surface area contributed by atoms with Crippen LogP contribution in [0, 0.1) is 0 Å². The van der Waals surface area contributed by atoms with Gasteiger partial charge in [-0.05, 0) is 40.0 Å². The van der Waals surface area contributed by atoms with E-state index < -0.39 is 0 Å². The third-order valence-corrected chi connectivity index (χ3v) is 1.77. The summed E-state index contributed by atoms with van der Waals surface area (Å²) in [5.41, 5.74) is 2.93. The smallest absolute Gasteiger partial charge is 0.0313 e. The Morgan fingerprint density at radius 1 is 1.00 bits per heavy atom. The third kappa shape index (κ3) is 7.38. The van der Waals surface area contributed by atoms with Crippen LogP contribution in [0.5, 0.6) is 0 Å². The predicted molar refractivity (Wildman–Crippen MR) is 52.7 cm³/mol. The Labute approximate surface area is 71.0 Å². The van der Waals surface area contributed by atoms with Crippen LogP contribution in [0.25, 0.3) is 0 Å². The first-order valence-electron chi connectivity index (χ1n) is 4.45. The van der Waals surface area contributed by atoms with Crippen molar-refractivity contribution in [3.63, 3.8) is 0 Å². The van der Waals surface area contributed by atoms with E-state index in [1.807, 2.05) is 0 Å². The van der Waals surface area contributed by atoms with E-state index in [0.717, 1.165) is 0 Å². The molecule has 0 radical (unpaired) electrons. The summed E-state index contributed by atoms with van der Waals surface area (Å²) in [4.78, 5) is 0. The van der Waals surface area contributed by atoms with Crippen LogP contribution < -0.4 is 0 Å². The normalized spacial score (nSPS) is 11.5. The van der Waals surface area contributed by atoms with Gasteiger partial charge in [-0.2, -0.15) is 0 Å². The molecule has 0 amide bonds. The molecule has 0 heterocycles. The van der Waals surface area contributed by atoms with Gasteiger partial charge >= 0.3 is 0 Å². The Bertz CT molecular complexity index is 145. The van der Waals surface area contributed by atoms with Crippen molar-refractivity contribution < 1.29 is 0 Å². The summed E-state index contributed by atoms with van der Waals surface area (Å²) >= 11 is 0. The number of hydrogen-bond acceptors (Lipinski definition) is 0. The lowest BCUT2D eigenvalue weighted by Gasteiger charge is -1.93. The minimum absolute atomic E-state index is 1.19. The molecule has 0 atom stereocenters. The molecule has 0 saturated carbocycles. The Hall–Kier alpha value is -0.520. The van der Waals surface area contributed by atoms with Gasteiger partial charge in [0.1, 0.15) is 0 Å². The standard InChI is InChI=1S/C11H20/c1-5-11(4)9-7-6-8-10(2)3/h8-9H,5-7H2,1-4H3/b11-9+. The lowest BCUT2D eigenvalue weighted by molar-refractivity contribution is 0.989. The van der Waals surface area contributed by atoms with Gasteiger partial charge in [0.2, 0.25) is 0 Å². The lowest BCUT2D eigenvalue weighted by atomic mass is 10.1. The quantitative estimate of drug-likeness (QED) is 0.420. The highest BCUT2D eigenvalue weighted by molar-refractivity contribution is 4.99. The molecule has 0 aliphatic carbocycles. The molecule has 0 aliphatic heterocycles. The molecule has 0 fully saturated rings. The van der Waals surface area contributed by atoms with Gasteiger partial charge in [0.05, 0.1) is 0 Å². The van der Waals surface area contributed by atoms with E-state index in [9.17, 15) is 0 Å². The number of hydrogen-bond donors (Lipinski definition) is 0. The van der Waals surface area contributed by atoms with E-state index in [1.165, 1.54) is 30.4 Å². The van der Waals surface area contributed by atoms with Gasteiger partial charge in [-0.1, -0.05) is 30.2 Å². The fourth-order valence-corrected chi connectivity index (χ4v) is 0.846. The van der Waals surface area contributed by atoms with Gasteiger partial charge in [0.15, 0.2) is 0 Å². The first kappa shape index (κ1) is 10.5. The molecule has 0 nitrogen and oxygen atoms in total. The van der Waals surface area contributed by atoms with Crippen molar-refractivity contribution in [3.8, 4) is 0 Å². The molecule has 0 unspecified atom stereocenters. The van der Waals surface area contributed by atoms with Crippen LogP contribution in [0.2, 0.25) is 0 Å². The first-order valence-corrected chi connectivity index (χ1v) is 4.45. The molecule has 0 bridgehead atoms.